The molecule has 5 heteroatoms. The lowest BCUT2D eigenvalue weighted by atomic mass is 10.1. The summed E-state index contributed by atoms with van der Waals surface area (Å²) in [6, 6.07) is 12.3. The van der Waals surface area contributed by atoms with Gasteiger partial charge in [0.1, 0.15) is 0 Å². The number of ether oxygens (including phenoxy) is 1. The summed E-state index contributed by atoms with van der Waals surface area (Å²) in [7, 11) is 1.72. The average molecular weight is 298 g/mol. The van der Waals surface area contributed by atoms with Gasteiger partial charge in [-0.2, -0.15) is 10.4 Å². The molecule has 2 aromatic rings. The Labute approximate surface area is 131 Å². The van der Waals surface area contributed by atoms with E-state index in [1.165, 1.54) is 0 Å². The van der Waals surface area contributed by atoms with E-state index in [0.717, 1.165) is 42.9 Å². The van der Waals surface area contributed by atoms with Crippen molar-refractivity contribution in [3.63, 3.8) is 0 Å². The lowest BCUT2D eigenvalue weighted by Gasteiger charge is -2.05. The van der Waals surface area contributed by atoms with E-state index < -0.39 is 0 Å². The van der Waals surface area contributed by atoms with Gasteiger partial charge in [-0.3, -0.25) is 4.68 Å². The van der Waals surface area contributed by atoms with Crippen LogP contribution >= 0.6 is 0 Å². The predicted molar refractivity (Wildman–Crippen MR) is 86.1 cm³/mol. The standard InChI is InChI=1S/C17H22N4O/c1-22-12-6-10-19-13-16-14-21(11-5-9-18)20-17(16)15-7-3-2-4-8-15/h2-4,7-8,14,19H,5-6,10-13H2,1H3. The van der Waals surface area contributed by atoms with Gasteiger partial charge in [0.2, 0.25) is 0 Å². The van der Waals surface area contributed by atoms with Crippen molar-refractivity contribution in [3.05, 3.63) is 42.1 Å². The highest BCUT2D eigenvalue weighted by Gasteiger charge is 2.10. The second kappa shape index (κ2) is 8.98. The van der Waals surface area contributed by atoms with E-state index in [1.54, 1.807) is 7.11 Å². The molecule has 2 rings (SSSR count). The predicted octanol–water partition coefficient (Wildman–Crippen LogP) is 2.59. The van der Waals surface area contributed by atoms with E-state index in [-0.39, 0.29) is 0 Å². The highest BCUT2D eigenvalue weighted by molar-refractivity contribution is 5.62. The molecule has 5 nitrogen and oxygen atoms in total. The van der Waals surface area contributed by atoms with E-state index in [2.05, 4.69) is 28.6 Å². The highest BCUT2D eigenvalue weighted by Crippen LogP contribution is 2.21. The van der Waals surface area contributed by atoms with Crippen molar-refractivity contribution in [3.8, 4) is 17.3 Å². The van der Waals surface area contributed by atoms with Crippen molar-refractivity contribution >= 4 is 0 Å². The maximum Gasteiger partial charge on any atom is 0.0968 e. The highest BCUT2D eigenvalue weighted by atomic mass is 16.5. The van der Waals surface area contributed by atoms with Crippen molar-refractivity contribution in [1.29, 1.82) is 5.26 Å². The Morgan fingerprint density at radius 1 is 1.32 bits per heavy atom. The lowest BCUT2D eigenvalue weighted by Crippen LogP contribution is -2.16. The first kappa shape index (κ1) is 16.2. The molecule has 0 amide bonds. The number of aryl methyl sites for hydroxylation is 1. The summed E-state index contributed by atoms with van der Waals surface area (Å²) in [5.74, 6) is 0. The number of hydrogen-bond donors (Lipinski definition) is 1. The third kappa shape index (κ3) is 4.69. The zero-order chi connectivity index (χ0) is 15.6. The Bertz CT molecular complexity index is 601. The fourth-order valence-electron chi connectivity index (χ4n) is 2.27. The smallest absolute Gasteiger partial charge is 0.0968 e. The second-order valence-electron chi connectivity index (χ2n) is 5.06. The number of rotatable bonds is 9. The number of benzene rings is 1. The van der Waals surface area contributed by atoms with E-state index >= 15 is 0 Å². The van der Waals surface area contributed by atoms with Crippen LogP contribution in [0.4, 0.5) is 0 Å². The monoisotopic (exact) mass is 298 g/mol. The first-order valence-corrected chi connectivity index (χ1v) is 7.53. The Hall–Kier alpha value is -2.16. The molecular formula is C17H22N4O. The van der Waals surface area contributed by atoms with Crippen LogP contribution in [-0.2, 0) is 17.8 Å². The number of nitriles is 1. The molecule has 0 aliphatic rings. The third-order valence-electron chi connectivity index (χ3n) is 3.35. The largest absolute Gasteiger partial charge is 0.385 e. The quantitative estimate of drug-likeness (QED) is 0.723. The molecule has 1 aromatic heterocycles. The van der Waals surface area contributed by atoms with Gasteiger partial charge in [0.15, 0.2) is 0 Å². The SMILES string of the molecule is COCCCNCc1cn(CCC#N)nc1-c1ccccc1. The number of aromatic nitrogens is 2. The van der Waals surface area contributed by atoms with E-state index in [9.17, 15) is 0 Å². The van der Waals surface area contributed by atoms with Crippen LogP contribution in [0, 0.1) is 11.3 Å². The molecule has 0 fully saturated rings. The van der Waals surface area contributed by atoms with Gasteiger partial charge < -0.3 is 10.1 Å². The molecule has 0 saturated carbocycles. The van der Waals surface area contributed by atoms with Crippen LogP contribution in [0.2, 0.25) is 0 Å². The number of hydrogen-bond acceptors (Lipinski definition) is 4. The topological polar surface area (TPSA) is 62.9 Å². The molecule has 22 heavy (non-hydrogen) atoms. The maximum absolute atomic E-state index is 8.73. The molecule has 0 radical (unpaired) electrons. The first-order valence-electron chi connectivity index (χ1n) is 7.53. The molecule has 1 aromatic carbocycles. The van der Waals surface area contributed by atoms with Crippen molar-refractivity contribution < 1.29 is 4.74 Å². The Morgan fingerprint density at radius 2 is 2.14 bits per heavy atom. The minimum atomic E-state index is 0.469. The Balaban J connectivity index is 2.08. The maximum atomic E-state index is 8.73. The molecule has 0 saturated heterocycles. The van der Waals surface area contributed by atoms with Crippen LogP contribution in [0.15, 0.2) is 36.5 Å². The van der Waals surface area contributed by atoms with Crippen LogP contribution < -0.4 is 5.32 Å². The van der Waals surface area contributed by atoms with Gasteiger partial charge in [-0.1, -0.05) is 30.3 Å². The van der Waals surface area contributed by atoms with Gasteiger partial charge in [-0.15, -0.1) is 0 Å². The Kier molecular flexibility index (Phi) is 6.62. The summed E-state index contributed by atoms with van der Waals surface area (Å²) in [6.07, 6.45) is 3.49. The van der Waals surface area contributed by atoms with Gasteiger partial charge in [0.25, 0.3) is 0 Å². The summed E-state index contributed by atoms with van der Waals surface area (Å²) in [6.45, 7) is 3.06. The second-order valence-corrected chi connectivity index (χ2v) is 5.06. The molecular weight excluding hydrogens is 276 g/mol. The van der Waals surface area contributed by atoms with E-state index in [0.29, 0.717) is 13.0 Å². The molecule has 0 aliphatic heterocycles. The minimum Gasteiger partial charge on any atom is -0.385 e. The van der Waals surface area contributed by atoms with Crippen LogP contribution in [0.3, 0.4) is 0 Å². The fourth-order valence-corrected chi connectivity index (χ4v) is 2.27. The van der Waals surface area contributed by atoms with Crippen molar-refractivity contribution in [2.75, 3.05) is 20.3 Å². The summed E-state index contributed by atoms with van der Waals surface area (Å²) in [5.41, 5.74) is 3.24. The minimum absolute atomic E-state index is 0.469. The summed E-state index contributed by atoms with van der Waals surface area (Å²) in [5, 5.41) is 16.8. The summed E-state index contributed by atoms with van der Waals surface area (Å²) >= 11 is 0. The number of nitrogens with zero attached hydrogens (tertiary/aromatic N) is 3. The van der Waals surface area contributed by atoms with Crippen molar-refractivity contribution in [2.45, 2.75) is 25.9 Å². The molecule has 0 unspecified atom stereocenters. The van der Waals surface area contributed by atoms with Crippen molar-refractivity contribution in [1.82, 2.24) is 15.1 Å². The first-order chi connectivity index (χ1) is 10.8. The van der Waals surface area contributed by atoms with E-state index in [1.807, 2.05) is 29.1 Å². The van der Waals surface area contributed by atoms with Crippen molar-refractivity contribution in [2.24, 2.45) is 0 Å². The van der Waals surface area contributed by atoms with Gasteiger partial charge >= 0.3 is 0 Å². The average Bonchev–Trinajstić information content (AvgIpc) is 2.97. The number of nitrogens with one attached hydrogen (secondary N) is 1. The molecule has 0 atom stereocenters. The van der Waals surface area contributed by atoms with Gasteiger partial charge in [-0.05, 0) is 13.0 Å². The van der Waals surface area contributed by atoms with Crippen LogP contribution in [0.1, 0.15) is 18.4 Å². The van der Waals surface area contributed by atoms with Gasteiger partial charge in [-0.25, -0.2) is 0 Å². The molecule has 0 spiro atoms. The molecule has 0 aliphatic carbocycles. The summed E-state index contributed by atoms with van der Waals surface area (Å²) in [4.78, 5) is 0. The Morgan fingerprint density at radius 3 is 2.86 bits per heavy atom. The molecule has 1 heterocycles. The molecule has 116 valence electrons. The normalized spacial score (nSPS) is 10.5. The zero-order valence-corrected chi connectivity index (χ0v) is 13.0. The zero-order valence-electron chi connectivity index (χ0n) is 13.0. The van der Waals surface area contributed by atoms with Gasteiger partial charge in [0, 0.05) is 37.6 Å². The summed E-state index contributed by atoms with van der Waals surface area (Å²) < 4.78 is 6.91. The molecule has 0 bridgehead atoms. The molecule has 1 N–H and O–H groups in total. The van der Waals surface area contributed by atoms with Crippen LogP contribution in [-0.4, -0.2) is 30.0 Å². The van der Waals surface area contributed by atoms with Crippen LogP contribution in [0.25, 0.3) is 11.3 Å². The number of methoxy groups -OCH3 is 1. The lowest BCUT2D eigenvalue weighted by molar-refractivity contribution is 0.194. The van der Waals surface area contributed by atoms with Gasteiger partial charge in [0.05, 0.1) is 24.7 Å². The van der Waals surface area contributed by atoms with Crippen LogP contribution in [0.5, 0.6) is 0 Å². The third-order valence-corrected chi connectivity index (χ3v) is 3.35. The van der Waals surface area contributed by atoms with E-state index in [4.69, 9.17) is 10.00 Å². The fraction of sp³-hybridized carbons (Fsp3) is 0.412.